The van der Waals surface area contributed by atoms with Crippen molar-refractivity contribution in [2.45, 2.75) is 45.8 Å². The van der Waals surface area contributed by atoms with Gasteiger partial charge in [-0.2, -0.15) is 11.8 Å². The molecule has 0 bridgehead atoms. The summed E-state index contributed by atoms with van der Waals surface area (Å²) in [4.78, 5) is 11.3. The van der Waals surface area contributed by atoms with Crippen LogP contribution in [0, 0.1) is 12.3 Å². The molecule has 1 aliphatic rings. The molecule has 0 fully saturated rings. The molecule has 0 heterocycles. The predicted octanol–water partition coefficient (Wildman–Crippen LogP) is 4.46. The van der Waals surface area contributed by atoms with Crippen molar-refractivity contribution in [1.82, 2.24) is 0 Å². The molecule has 1 aliphatic carbocycles. The number of hydrogen-bond donors (Lipinski definition) is 1. The summed E-state index contributed by atoms with van der Waals surface area (Å²) >= 11 is 1.94. The van der Waals surface area contributed by atoms with E-state index in [1.54, 1.807) is 6.07 Å². The van der Waals surface area contributed by atoms with E-state index < -0.39 is 5.97 Å². The van der Waals surface area contributed by atoms with Crippen LogP contribution in [0.2, 0.25) is 0 Å². The Morgan fingerprint density at radius 2 is 2.16 bits per heavy atom. The molecule has 1 N–H and O–H groups in total. The molecule has 1 aromatic carbocycles. The Bertz CT molecular complexity index is 506. The monoisotopic (exact) mass is 278 g/mol. The van der Waals surface area contributed by atoms with Crippen LogP contribution in [0.3, 0.4) is 0 Å². The predicted molar refractivity (Wildman–Crippen MR) is 81.1 cm³/mol. The number of carboxylic acids is 1. The quantitative estimate of drug-likeness (QED) is 0.887. The average molecular weight is 278 g/mol. The molecule has 2 rings (SSSR count). The van der Waals surface area contributed by atoms with Gasteiger partial charge in [0.2, 0.25) is 0 Å². The summed E-state index contributed by atoms with van der Waals surface area (Å²) in [6, 6.07) is 3.78. The molecule has 104 valence electrons. The Kier molecular flexibility index (Phi) is 3.95. The number of carbonyl (C=O) groups is 1. The third-order valence-electron chi connectivity index (χ3n) is 4.18. The second-order valence-electron chi connectivity index (χ2n) is 5.94. The first kappa shape index (κ1) is 14.4. The fourth-order valence-electron chi connectivity index (χ4n) is 3.05. The minimum absolute atomic E-state index is 0.232. The lowest BCUT2D eigenvalue weighted by atomic mass is 9.72. The number of thioether (sulfide) groups is 1. The Balaban J connectivity index is 2.59. The number of aromatic carboxylic acids is 1. The van der Waals surface area contributed by atoms with Gasteiger partial charge < -0.3 is 5.11 Å². The number of carboxylic acid groups (broad SMARTS) is 1. The Morgan fingerprint density at radius 1 is 1.47 bits per heavy atom. The smallest absolute Gasteiger partial charge is 0.335 e. The topological polar surface area (TPSA) is 37.3 Å². The highest BCUT2D eigenvalue weighted by Crippen LogP contribution is 2.52. The summed E-state index contributed by atoms with van der Waals surface area (Å²) in [5.41, 5.74) is 4.27. The molecule has 0 aromatic heterocycles. The van der Waals surface area contributed by atoms with E-state index in [1.807, 2.05) is 24.8 Å². The lowest BCUT2D eigenvalue weighted by Gasteiger charge is -2.41. The highest BCUT2D eigenvalue weighted by molar-refractivity contribution is 7.99. The minimum atomic E-state index is -0.816. The van der Waals surface area contributed by atoms with Crippen molar-refractivity contribution in [3.05, 3.63) is 34.4 Å². The van der Waals surface area contributed by atoms with E-state index in [-0.39, 0.29) is 5.41 Å². The summed E-state index contributed by atoms with van der Waals surface area (Å²) in [5, 5.41) is 9.71. The molecule has 1 atom stereocenters. The molecule has 0 saturated heterocycles. The molecule has 1 unspecified atom stereocenters. The fourth-order valence-corrected chi connectivity index (χ4v) is 4.45. The maximum absolute atomic E-state index is 11.3. The van der Waals surface area contributed by atoms with Gasteiger partial charge in [-0.3, -0.25) is 0 Å². The molecule has 0 radical (unpaired) electrons. The normalized spacial score (nSPS) is 20.9. The number of hydrogen-bond acceptors (Lipinski definition) is 2. The van der Waals surface area contributed by atoms with Crippen LogP contribution in [0.15, 0.2) is 12.1 Å². The van der Waals surface area contributed by atoms with Gasteiger partial charge in [-0.1, -0.05) is 26.8 Å². The van der Waals surface area contributed by atoms with Gasteiger partial charge in [0.1, 0.15) is 0 Å². The third-order valence-corrected chi connectivity index (χ3v) is 5.72. The first-order chi connectivity index (χ1) is 8.88. The van der Waals surface area contributed by atoms with E-state index >= 15 is 0 Å². The second kappa shape index (κ2) is 5.20. The zero-order valence-electron chi connectivity index (χ0n) is 12.1. The Morgan fingerprint density at radius 3 is 2.74 bits per heavy atom. The standard InChI is InChI=1S/C16H22O2S/c1-5-19-14-13-10(2)12(15(17)18)7-6-11(13)8-9-16(14,3)4/h6-7,14H,5,8-9H2,1-4H3,(H,17,18). The molecule has 0 aliphatic heterocycles. The van der Waals surface area contributed by atoms with Crippen molar-refractivity contribution >= 4 is 17.7 Å². The lowest BCUT2D eigenvalue weighted by Crippen LogP contribution is -2.28. The number of benzene rings is 1. The molecular weight excluding hydrogens is 256 g/mol. The van der Waals surface area contributed by atoms with Gasteiger partial charge >= 0.3 is 5.97 Å². The van der Waals surface area contributed by atoms with Crippen molar-refractivity contribution in [1.29, 1.82) is 0 Å². The Labute approximate surface area is 119 Å². The van der Waals surface area contributed by atoms with Crippen molar-refractivity contribution in [2.75, 3.05) is 5.75 Å². The van der Waals surface area contributed by atoms with Gasteiger partial charge in [0.15, 0.2) is 0 Å². The third kappa shape index (κ3) is 2.53. The van der Waals surface area contributed by atoms with Gasteiger partial charge in [-0.25, -0.2) is 4.79 Å². The molecule has 2 nitrogen and oxygen atoms in total. The van der Waals surface area contributed by atoms with Crippen molar-refractivity contribution in [3.8, 4) is 0 Å². The molecule has 19 heavy (non-hydrogen) atoms. The van der Waals surface area contributed by atoms with E-state index in [4.69, 9.17) is 0 Å². The second-order valence-corrected chi connectivity index (χ2v) is 7.32. The minimum Gasteiger partial charge on any atom is -0.478 e. The zero-order valence-corrected chi connectivity index (χ0v) is 12.9. The number of aryl methyl sites for hydroxylation is 1. The highest BCUT2D eigenvalue weighted by Gasteiger charge is 2.37. The highest BCUT2D eigenvalue weighted by atomic mass is 32.2. The summed E-state index contributed by atoms with van der Waals surface area (Å²) in [7, 11) is 0. The van der Waals surface area contributed by atoms with Crippen LogP contribution in [0.5, 0.6) is 0 Å². The summed E-state index contributed by atoms with van der Waals surface area (Å²) in [6.45, 7) is 8.74. The van der Waals surface area contributed by atoms with E-state index in [2.05, 4.69) is 20.8 Å². The summed E-state index contributed by atoms with van der Waals surface area (Å²) in [6.07, 6.45) is 2.23. The Hall–Kier alpha value is -0.960. The zero-order chi connectivity index (χ0) is 14.2. The van der Waals surface area contributed by atoms with E-state index in [9.17, 15) is 9.90 Å². The average Bonchev–Trinajstić information content (AvgIpc) is 2.33. The van der Waals surface area contributed by atoms with Crippen LogP contribution in [0.25, 0.3) is 0 Å². The number of rotatable bonds is 3. The molecular formula is C16H22O2S. The van der Waals surface area contributed by atoms with Crippen LogP contribution < -0.4 is 0 Å². The van der Waals surface area contributed by atoms with Crippen LogP contribution >= 0.6 is 11.8 Å². The van der Waals surface area contributed by atoms with E-state index in [0.717, 1.165) is 17.7 Å². The van der Waals surface area contributed by atoms with E-state index in [1.165, 1.54) is 17.5 Å². The lowest BCUT2D eigenvalue weighted by molar-refractivity contribution is 0.0695. The maximum atomic E-state index is 11.3. The van der Waals surface area contributed by atoms with E-state index in [0.29, 0.717) is 10.8 Å². The molecule has 1 aromatic rings. The van der Waals surface area contributed by atoms with Gasteiger partial charge in [-0.05, 0) is 53.7 Å². The van der Waals surface area contributed by atoms with Crippen LogP contribution in [0.1, 0.15) is 59.5 Å². The first-order valence-corrected chi connectivity index (χ1v) is 7.90. The maximum Gasteiger partial charge on any atom is 0.335 e. The molecule has 0 saturated carbocycles. The van der Waals surface area contributed by atoms with Crippen molar-refractivity contribution in [3.63, 3.8) is 0 Å². The van der Waals surface area contributed by atoms with Gasteiger partial charge in [0.05, 0.1) is 5.56 Å². The van der Waals surface area contributed by atoms with Gasteiger partial charge in [0.25, 0.3) is 0 Å². The first-order valence-electron chi connectivity index (χ1n) is 6.85. The van der Waals surface area contributed by atoms with Gasteiger partial charge in [-0.15, -0.1) is 0 Å². The molecule has 0 amide bonds. The molecule has 3 heteroatoms. The van der Waals surface area contributed by atoms with Crippen LogP contribution in [0.4, 0.5) is 0 Å². The van der Waals surface area contributed by atoms with Crippen LogP contribution in [-0.2, 0) is 6.42 Å². The molecule has 0 spiro atoms. The van der Waals surface area contributed by atoms with Crippen molar-refractivity contribution in [2.24, 2.45) is 5.41 Å². The van der Waals surface area contributed by atoms with Crippen LogP contribution in [-0.4, -0.2) is 16.8 Å². The van der Waals surface area contributed by atoms with Gasteiger partial charge in [0, 0.05) is 5.25 Å². The largest absolute Gasteiger partial charge is 0.478 e. The van der Waals surface area contributed by atoms with Crippen molar-refractivity contribution < 1.29 is 9.90 Å². The summed E-state index contributed by atoms with van der Waals surface area (Å²) < 4.78 is 0. The summed E-state index contributed by atoms with van der Waals surface area (Å²) in [5.74, 6) is 0.244. The fraction of sp³-hybridized carbons (Fsp3) is 0.562. The number of fused-ring (bicyclic) bond motifs is 1. The SMILES string of the molecule is CCSC1c2c(ccc(C(=O)O)c2C)CCC1(C)C.